The Kier molecular flexibility index (Phi) is 4.38. The number of carbonyl (C=O) groups excluding carboxylic acids is 1. The first-order valence-electron chi connectivity index (χ1n) is 8.37. The average Bonchev–Trinajstić information content (AvgIpc) is 2.65. The number of benzene rings is 2. The van der Waals surface area contributed by atoms with Crippen LogP contribution in [0.5, 0.6) is 0 Å². The number of amides is 1. The van der Waals surface area contributed by atoms with Gasteiger partial charge in [-0.15, -0.1) is 11.8 Å². The number of rotatable bonds is 4. The first-order valence-corrected chi connectivity index (χ1v) is 9.35. The van der Waals surface area contributed by atoms with E-state index >= 15 is 0 Å². The molecule has 0 aliphatic carbocycles. The van der Waals surface area contributed by atoms with Gasteiger partial charge in [-0.25, -0.2) is 4.98 Å². The maximum Gasteiger partial charge on any atom is 0.261 e. The smallest absolute Gasteiger partial charge is 0.261 e. The molecule has 26 heavy (non-hydrogen) atoms. The van der Waals surface area contributed by atoms with E-state index in [0.29, 0.717) is 23.3 Å². The van der Waals surface area contributed by atoms with Crippen molar-refractivity contribution < 1.29 is 4.79 Å². The molecule has 1 aliphatic heterocycles. The van der Waals surface area contributed by atoms with Crippen LogP contribution in [0.4, 0.5) is 5.69 Å². The number of primary amides is 1. The molecule has 0 radical (unpaired) electrons. The third-order valence-electron chi connectivity index (χ3n) is 4.41. The van der Waals surface area contributed by atoms with Crippen LogP contribution >= 0.6 is 11.8 Å². The van der Waals surface area contributed by atoms with Crippen molar-refractivity contribution in [3.05, 3.63) is 64.7 Å². The first kappa shape index (κ1) is 16.7. The van der Waals surface area contributed by atoms with Crippen LogP contribution in [-0.4, -0.2) is 27.8 Å². The molecule has 0 unspecified atom stereocenters. The zero-order valence-electron chi connectivity index (χ0n) is 14.1. The van der Waals surface area contributed by atoms with Crippen molar-refractivity contribution in [2.75, 3.05) is 17.2 Å². The molecule has 0 fully saturated rings. The summed E-state index contributed by atoms with van der Waals surface area (Å²) in [5.74, 6) is 0.958. The third-order valence-corrected chi connectivity index (χ3v) is 5.45. The van der Waals surface area contributed by atoms with Crippen LogP contribution in [0.2, 0.25) is 0 Å². The fourth-order valence-electron chi connectivity index (χ4n) is 3.22. The molecule has 4 rings (SSSR count). The number of nitrogens with zero attached hydrogens (tertiary/aromatic N) is 3. The lowest BCUT2D eigenvalue weighted by Crippen LogP contribution is -2.36. The van der Waals surface area contributed by atoms with E-state index < -0.39 is 5.91 Å². The predicted octanol–water partition coefficient (Wildman–Crippen LogP) is 1.99. The molecule has 2 N–H and O–H groups in total. The van der Waals surface area contributed by atoms with E-state index in [1.165, 1.54) is 9.46 Å². The SMILES string of the molecule is NC(=O)Cn1c(CN2CCSc3ccccc32)nc2ccccc2c1=O. The Bertz CT molecular complexity index is 1050. The third kappa shape index (κ3) is 3.06. The number of anilines is 1. The number of hydrogen-bond donors (Lipinski definition) is 1. The molecule has 0 bridgehead atoms. The van der Waals surface area contributed by atoms with Crippen molar-refractivity contribution >= 4 is 34.3 Å². The fourth-order valence-corrected chi connectivity index (χ4v) is 4.27. The van der Waals surface area contributed by atoms with Crippen LogP contribution in [0.25, 0.3) is 10.9 Å². The fraction of sp³-hybridized carbons (Fsp3) is 0.211. The number of hydrogen-bond acceptors (Lipinski definition) is 5. The second kappa shape index (κ2) is 6.84. The first-order chi connectivity index (χ1) is 12.6. The molecule has 0 saturated carbocycles. The van der Waals surface area contributed by atoms with Gasteiger partial charge in [0, 0.05) is 17.2 Å². The van der Waals surface area contributed by atoms with Gasteiger partial charge in [0.2, 0.25) is 5.91 Å². The van der Waals surface area contributed by atoms with Crippen LogP contribution in [0, 0.1) is 0 Å². The molecular weight excluding hydrogens is 348 g/mol. The molecule has 7 heteroatoms. The van der Waals surface area contributed by atoms with E-state index in [-0.39, 0.29) is 12.1 Å². The molecular formula is C19H18N4O2S. The standard InChI is InChI=1S/C19H18N4O2S/c20-17(24)11-23-18(21-14-6-2-1-5-13(14)19(23)25)12-22-9-10-26-16-8-4-3-7-15(16)22/h1-8H,9-12H2,(H2,20,24). The Hall–Kier alpha value is -2.80. The highest BCUT2D eigenvalue weighted by atomic mass is 32.2. The van der Waals surface area contributed by atoms with E-state index in [0.717, 1.165) is 18.0 Å². The number of thioether (sulfide) groups is 1. The topological polar surface area (TPSA) is 81.2 Å². The maximum absolute atomic E-state index is 12.9. The van der Waals surface area contributed by atoms with Crippen molar-refractivity contribution in [2.45, 2.75) is 18.0 Å². The molecule has 132 valence electrons. The number of fused-ring (bicyclic) bond motifs is 2. The molecule has 1 aliphatic rings. The molecule has 1 amide bonds. The van der Waals surface area contributed by atoms with Crippen LogP contribution in [0.15, 0.2) is 58.2 Å². The number of carbonyl (C=O) groups is 1. The van der Waals surface area contributed by atoms with Gasteiger partial charge in [0.05, 0.1) is 23.1 Å². The molecule has 3 aromatic rings. The van der Waals surface area contributed by atoms with Gasteiger partial charge >= 0.3 is 0 Å². The minimum Gasteiger partial charge on any atom is -0.368 e. The van der Waals surface area contributed by atoms with Crippen LogP contribution in [-0.2, 0) is 17.9 Å². The largest absolute Gasteiger partial charge is 0.368 e. The van der Waals surface area contributed by atoms with Gasteiger partial charge < -0.3 is 10.6 Å². The van der Waals surface area contributed by atoms with Crippen molar-refractivity contribution in [1.29, 1.82) is 0 Å². The summed E-state index contributed by atoms with van der Waals surface area (Å²) < 4.78 is 1.40. The van der Waals surface area contributed by atoms with E-state index in [1.54, 1.807) is 12.1 Å². The summed E-state index contributed by atoms with van der Waals surface area (Å²) in [6, 6.07) is 15.4. The molecule has 0 atom stereocenters. The summed E-state index contributed by atoms with van der Waals surface area (Å²) in [5, 5.41) is 0.493. The maximum atomic E-state index is 12.9. The summed E-state index contributed by atoms with van der Waals surface area (Å²) >= 11 is 1.82. The van der Waals surface area contributed by atoms with Gasteiger partial charge in [-0.1, -0.05) is 24.3 Å². The Morgan fingerprint density at radius 1 is 1.15 bits per heavy atom. The van der Waals surface area contributed by atoms with Crippen LogP contribution in [0.1, 0.15) is 5.82 Å². The van der Waals surface area contributed by atoms with Gasteiger partial charge in [-0.2, -0.15) is 0 Å². The van der Waals surface area contributed by atoms with Gasteiger partial charge in [-0.3, -0.25) is 14.2 Å². The van der Waals surface area contributed by atoms with Gasteiger partial charge in [0.1, 0.15) is 12.4 Å². The monoisotopic (exact) mass is 366 g/mol. The quantitative estimate of drug-likeness (QED) is 0.764. The van der Waals surface area contributed by atoms with Crippen molar-refractivity contribution in [2.24, 2.45) is 5.73 Å². The van der Waals surface area contributed by atoms with Gasteiger partial charge in [0.15, 0.2) is 0 Å². The lowest BCUT2D eigenvalue weighted by molar-refractivity contribution is -0.118. The number of aromatic nitrogens is 2. The van der Waals surface area contributed by atoms with Crippen LogP contribution in [0.3, 0.4) is 0 Å². The van der Waals surface area contributed by atoms with Gasteiger partial charge in [-0.05, 0) is 24.3 Å². The summed E-state index contributed by atoms with van der Waals surface area (Å²) in [6.45, 7) is 1.13. The van der Waals surface area contributed by atoms with Crippen LogP contribution < -0.4 is 16.2 Å². The summed E-state index contributed by atoms with van der Waals surface area (Å²) in [4.78, 5) is 32.5. The minimum absolute atomic E-state index is 0.170. The normalized spacial score (nSPS) is 13.6. The zero-order valence-corrected chi connectivity index (χ0v) is 14.9. The highest BCUT2D eigenvalue weighted by Gasteiger charge is 2.20. The lowest BCUT2D eigenvalue weighted by atomic mass is 10.2. The second-order valence-corrected chi connectivity index (χ2v) is 7.28. The molecule has 6 nitrogen and oxygen atoms in total. The molecule has 2 aromatic carbocycles. The summed E-state index contributed by atoms with van der Waals surface area (Å²) in [6.07, 6.45) is 0. The van der Waals surface area contributed by atoms with E-state index in [2.05, 4.69) is 22.0 Å². The second-order valence-electron chi connectivity index (χ2n) is 6.14. The van der Waals surface area contributed by atoms with Crippen molar-refractivity contribution in [3.8, 4) is 0 Å². The summed E-state index contributed by atoms with van der Waals surface area (Å²) in [7, 11) is 0. The van der Waals surface area contributed by atoms with E-state index in [4.69, 9.17) is 5.73 Å². The highest BCUT2D eigenvalue weighted by molar-refractivity contribution is 7.99. The Balaban J connectivity index is 1.81. The zero-order chi connectivity index (χ0) is 18.1. The highest BCUT2D eigenvalue weighted by Crippen LogP contribution is 2.34. The van der Waals surface area contributed by atoms with Crippen molar-refractivity contribution in [1.82, 2.24) is 9.55 Å². The lowest BCUT2D eigenvalue weighted by Gasteiger charge is -2.31. The number of nitrogens with two attached hydrogens (primary N) is 1. The number of para-hydroxylation sites is 2. The molecule has 2 heterocycles. The molecule has 0 spiro atoms. The van der Waals surface area contributed by atoms with Crippen molar-refractivity contribution in [3.63, 3.8) is 0 Å². The summed E-state index contributed by atoms with van der Waals surface area (Å²) in [5.41, 5.74) is 6.89. The predicted molar refractivity (Wildman–Crippen MR) is 103 cm³/mol. The van der Waals surface area contributed by atoms with Gasteiger partial charge in [0.25, 0.3) is 5.56 Å². The average molecular weight is 366 g/mol. The Morgan fingerprint density at radius 2 is 1.92 bits per heavy atom. The van der Waals surface area contributed by atoms with E-state index in [1.807, 2.05) is 36.0 Å². The molecule has 0 saturated heterocycles. The Morgan fingerprint density at radius 3 is 2.77 bits per heavy atom. The van der Waals surface area contributed by atoms with E-state index in [9.17, 15) is 9.59 Å². The molecule has 1 aromatic heterocycles. The Labute approximate surface area is 154 Å². The minimum atomic E-state index is -0.556.